The molecule has 5 nitrogen and oxygen atoms in total. The summed E-state index contributed by atoms with van der Waals surface area (Å²) in [6.07, 6.45) is 0.689. The highest BCUT2D eigenvalue weighted by Gasteiger charge is 2.15. The van der Waals surface area contributed by atoms with Gasteiger partial charge in [0.1, 0.15) is 0 Å². The number of rotatable bonds is 4. The molecule has 2 aromatic carbocycles. The molecular weight excluding hydrogens is 359 g/mol. The van der Waals surface area contributed by atoms with Crippen molar-refractivity contribution in [2.75, 3.05) is 0 Å². The van der Waals surface area contributed by atoms with Crippen LogP contribution in [0.4, 0.5) is 0 Å². The van der Waals surface area contributed by atoms with Gasteiger partial charge in [0, 0.05) is 11.6 Å². The van der Waals surface area contributed by atoms with Gasteiger partial charge in [0.15, 0.2) is 5.82 Å². The average molecular weight is 373 g/mol. The Morgan fingerprint density at radius 1 is 1.00 bits per heavy atom. The number of hydrogen-bond acceptors (Lipinski definition) is 3. The van der Waals surface area contributed by atoms with Gasteiger partial charge in [0.2, 0.25) is 5.78 Å². The minimum atomic E-state index is -0.0782. The van der Waals surface area contributed by atoms with E-state index in [9.17, 15) is 4.79 Å². The van der Waals surface area contributed by atoms with E-state index in [2.05, 4.69) is 10.2 Å². The first kappa shape index (κ1) is 16.1. The van der Waals surface area contributed by atoms with Crippen molar-refractivity contribution >= 4 is 39.9 Å². The van der Waals surface area contributed by atoms with E-state index >= 15 is 0 Å². The van der Waals surface area contributed by atoms with Crippen molar-refractivity contribution in [3.63, 3.8) is 0 Å². The largest absolute Gasteiger partial charge is 0.276 e. The summed E-state index contributed by atoms with van der Waals surface area (Å²) in [4.78, 5) is 12.9. The molecule has 0 aliphatic carbocycles. The fraction of sp³-hybridized carbons (Fsp3) is 0.167. The first-order valence-corrected chi connectivity index (χ1v) is 8.76. The van der Waals surface area contributed by atoms with Gasteiger partial charge in [-0.3, -0.25) is 13.8 Å². The average Bonchev–Trinajstić information content (AvgIpc) is 3.07. The Labute approximate surface area is 153 Å². The van der Waals surface area contributed by atoms with E-state index in [1.54, 1.807) is 4.57 Å². The van der Waals surface area contributed by atoms with Crippen molar-refractivity contribution in [1.29, 1.82) is 0 Å². The molecule has 0 spiro atoms. The predicted octanol–water partition coefficient (Wildman–Crippen LogP) is 3.68. The number of nitrogens with zero attached hydrogens (tertiary/aromatic N) is 4. The zero-order valence-electron chi connectivity index (χ0n) is 13.2. The van der Waals surface area contributed by atoms with Crippen LogP contribution >= 0.6 is 23.2 Å². The van der Waals surface area contributed by atoms with Gasteiger partial charge in [-0.2, -0.15) is 0 Å². The summed E-state index contributed by atoms with van der Waals surface area (Å²) in [5.41, 5.74) is 1.79. The number of para-hydroxylation sites is 1. The van der Waals surface area contributed by atoms with E-state index in [1.165, 1.54) is 0 Å². The van der Waals surface area contributed by atoms with Gasteiger partial charge in [-0.15, -0.1) is 21.8 Å². The van der Waals surface area contributed by atoms with Gasteiger partial charge >= 0.3 is 0 Å². The number of halogens is 2. The quantitative estimate of drug-likeness (QED) is 0.513. The van der Waals surface area contributed by atoms with Crippen LogP contribution in [-0.2, 0) is 18.8 Å². The summed E-state index contributed by atoms with van der Waals surface area (Å²) in [5.74, 6) is 1.35. The molecule has 2 heterocycles. The van der Waals surface area contributed by atoms with Crippen molar-refractivity contribution in [3.8, 4) is 0 Å². The standard InChI is InChI=1S/C18H14Cl2N4O/c19-11-16-21-22-18-23(10-9-12-5-7-13(20)8-6-12)17(25)14-3-1-2-4-15(14)24(16)18/h1-8H,9-11H2. The molecular formula is C18H14Cl2N4O. The molecule has 0 N–H and O–H groups in total. The van der Waals surface area contributed by atoms with E-state index in [0.717, 1.165) is 11.1 Å². The molecule has 0 atom stereocenters. The van der Waals surface area contributed by atoms with E-state index in [4.69, 9.17) is 23.2 Å². The molecule has 0 aliphatic heterocycles. The molecule has 4 rings (SSSR count). The van der Waals surface area contributed by atoms with Gasteiger partial charge in [0.05, 0.1) is 16.8 Å². The van der Waals surface area contributed by atoms with Gasteiger partial charge < -0.3 is 0 Å². The molecule has 0 unspecified atom stereocenters. The second-order valence-corrected chi connectivity index (χ2v) is 6.44. The second kappa shape index (κ2) is 6.50. The molecule has 0 bridgehead atoms. The highest BCUT2D eigenvalue weighted by atomic mass is 35.5. The lowest BCUT2D eigenvalue weighted by Gasteiger charge is -2.11. The molecule has 0 saturated heterocycles. The van der Waals surface area contributed by atoms with Crippen LogP contribution in [0.15, 0.2) is 53.3 Å². The van der Waals surface area contributed by atoms with Crippen molar-refractivity contribution in [2.24, 2.45) is 0 Å². The molecule has 0 saturated carbocycles. The Morgan fingerprint density at radius 3 is 2.52 bits per heavy atom. The maximum atomic E-state index is 12.9. The Hall–Kier alpha value is -2.37. The fourth-order valence-corrected chi connectivity index (χ4v) is 3.29. The van der Waals surface area contributed by atoms with Crippen LogP contribution in [0, 0.1) is 0 Å². The summed E-state index contributed by atoms with van der Waals surface area (Å²) in [5, 5.41) is 9.65. The summed E-state index contributed by atoms with van der Waals surface area (Å²) < 4.78 is 3.51. The van der Waals surface area contributed by atoms with Crippen LogP contribution in [-0.4, -0.2) is 19.2 Å². The Morgan fingerprint density at radius 2 is 1.76 bits per heavy atom. The molecule has 4 aromatic rings. The van der Waals surface area contributed by atoms with E-state index < -0.39 is 0 Å². The number of aryl methyl sites for hydroxylation is 2. The third-order valence-corrected chi connectivity index (χ3v) is 4.72. The minimum Gasteiger partial charge on any atom is -0.276 e. The van der Waals surface area contributed by atoms with E-state index in [-0.39, 0.29) is 11.4 Å². The first-order chi connectivity index (χ1) is 12.2. The highest BCUT2D eigenvalue weighted by molar-refractivity contribution is 6.30. The summed E-state index contributed by atoms with van der Waals surface area (Å²) in [6, 6.07) is 15.0. The number of alkyl halides is 1. The molecule has 0 radical (unpaired) electrons. The normalized spacial score (nSPS) is 11.4. The maximum absolute atomic E-state index is 12.9. The number of fused-ring (bicyclic) bond motifs is 3. The van der Waals surface area contributed by atoms with Gasteiger partial charge in [-0.1, -0.05) is 35.9 Å². The molecule has 25 heavy (non-hydrogen) atoms. The molecule has 0 amide bonds. The van der Waals surface area contributed by atoms with Crippen molar-refractivity contribution in [2.45, 2.75) is 18.8 Å². The van der Waals surface area contributed by atoms with Crippen LogP contribution in [0.25, 0.3) is 16.7 Å². The lowest BCUT2D eigenvalue weighted by molar-refractivity contribution is 0.678. The molecule has 0 aliphatic rings. The molecule has 126 valence electrons. The van der Waals surface area contributed by atoms with Crippen LogP contribution < -0.4 is 5.56 Å². The fourth-order valence-electron chi connectivity index (χ4n) is 2.99. The molecule has 7 heteroatoms. The summed E-state index contributed by atoms with van der Waals surface area (Å²) >= 11 is 11.9. The number of hydrogen-bond donors (Lipinski definition) is 0. The lowest BCUT2D eigenvalue weighted by Crippen LogP contribution is -2.24. The highest BCUT2D eigenvalue weighted by Crippen LogP contribution is 2.16. The SMILES string of the molecule is O=c1c2ccccc2n2c(CCl)nnc2n1CCc1ccc(Cl)cc1. The third-order valence-electron chi connectivity index (χ3n) is 4.23. The van der Waals surface area contributed by atoms with E-state index in [0.29, 0.717) is 35.0 Å². The second-order valence-electron chi connectivity index (χ2n) is 5.74. The monoisotopic (exact) mass is 372 g/mol. The maximum Gasteiger partial charge on any atom is 0.262 e. The van der Waals surface area contributed by atoms with Crippen LogP contribution in [0.5, 0.6) is 0 Å². The zero-order chi connectivity index (χ0) is 17.4. The predicted molar refractivity (Wildman–Crippen MR) is 99.5 cm³/mol. The van der Waals surface area contributed by atoms with Crippen LogP contribution in [0.1, 0.15) is 11.4 Å². The third kappa shape index (κ3) is 2.79. The number of aromatic nitrogens is 4. The van der Waals surface area contributed by atoms with Crippen molar-refractivity contribution < 1.29 is 0 Å². The smallest absolute Gasteiger partial charge is 0.262 e. The minimum absolute atomic E-state index is 0.0782. The summed E-state index contributed by atoms with van der Waals surface area (Å²) in [7, 11) is 0. The lowest BCUT2D eigenvalue weighted by atomic mass is 10.1. The summed E-state index contributed by atoms with van der Waals surface area (Å²) in [6.45, 7) is 0.495. The first-order valence-electron chi connectivity index (χ1n) is 7.85. The van der Waals surface area contributed by atoms with Gasteiger partial charge in [-0.05, 0) is 36.2 Å². The number of benzene rings is 2. The molecule has 0 fully saturated rings. The van der Waals surface area contributed by atoms with Crippen molar-refractivity contribution in [1.82, 2.24) is 19.2 Å². The van der Waals surface area contributed by atoms with E-state index in [1.807, 2.05) is 52.9 Å². The Balaban J connectivity index is 1.87. The molecule has 2 aromatic heterocycles. The van der Waals surface area contributed by atoms with Crippen LogP contribution in [0.2, 0.25) is 5.02 Å². The van der Waals surface area contributed by atoms with Crippen molar-refractivity contribution in [3.05, 3.63) is 75.3 Å². The van der Waals surface area contributed by atoms with Gasteiger partial charge in [0.25, 0.3) is 5.56 Å². The van der Waals surface area contributed by atoms with Gasteiger partial charge in [-0.25, -0.2) is 0 Å². The topological polar surface area (TPSA) is 52.2 Å². The zero-order valence-corrected chi connectivity index (χ0v) is 14.7. The Kier molecular flexibility index (Phi) is 4.19. The van der Waals surface area contributed by atoms with Crippen LogP contribution in [0.3, 0.4) is 0 Å². The Bertz CT molecular complexity index is 1120.